The number of nitrogens with one attached hydrogen (secondary N) is 1. The summed E-state index contributed by atoms with van der Waals surface area (Å²) in [6.45, 7) is 0.254. The summed E-state index contributed by atoms with van der Waals surface area (Å²) in [5.41, 5.74) is 3.24. The Labute approximate surface area is 186 Å². The van der Waals surface area contributed by atoms with Crippen molar-refractivity contribution in [1.82, 2.24) is 5.48 Å². The van der Waals surface area contributed by atoms with E-state index in [4.69, 9.17) is 14.7 Å². The van der Waals surface area contributed by atoms with Crippen LogP contribution in [0.5, 0.6) is 11.5 Å². The maximum atomic E-state index is 13.3. The molecule has 1 aliphatic heterocycles. The Morgan fingerprint density at radius 1 is 0.844 bits per heavy atom. The van der Waals surface area contributed by atoms with Crippen LogP contribution in [0.1, 0.15) is 12.8 Å². The van der Waals surface area contributed by atoms with Crippen molar-refractivity contribution in [3.05, 3.63) is 78.9 Å². The van der Waals surface area contributed by atoms with Gasteiger partial charge in [-0.3, -0.25) is 10.0 Å². The Morgan fingerprint density at radius 2 is 1.38 bits per heavy atom. The van der Waals surface area contributed by atoms with Gasteiger partial charge in [0.05, 0.1) is 4.90 Å². The molecule has 2 N–H and O–H groups in total. The first-order valence-corrected chi connectivity index (χ1v) is 11.6. The zero-order valence-corrected chi connectivity index (χ0v) is 18.0. The van der Waals surface area contributed by atoms with Gasteiger partial charge in [0.1, 0.15) is 11.5 Å². The second-order valence-corrected chi connectivity index (χ2v) is 9.77. The molecule has 3 aromatic rings. The summed E-state index contributed by atoms with van der Waals surface area (Å²) in [7, 11) is -4.05. The van der Waals surface area contributed by atoms with E-state index in [9.17, 15) is 13.2 Å². The molecule has 1 aliphatic rings. The number of hydroxylamine groups is 1. The van der Waals surface area contributed by atoms with Crippen LogP contribution in [-0.4, -0.2) is 37.5 Å². The average Bonchev–Trinajstić information content (AvgIpc) is 2.85. The lowest BCUT2D eigenvalue weighted by Crippen LogP contribution is -2.54. The lowest BCUT2D eigenvalue weighted by atomic mass is 9.98. The number of para-hydroxylation sites is 1. The van der Waals surface area contributed by atoms with E-state index >= 15 is 0 Å². The van der Waals surface area contributed by atoms with Crippen LogP contribution >= 0.6 is 0 Å². The Balaban J connectivity index is 1.56. The highest BCUT2D eigenvalue weighted by molar-refractivity contribution is 7.93. The molecular weight excluding hydrogens is 430 g/mol. The van der Waals surface area contributed by atoms with E-state index in [2.05, 4.69) is 0 Å². The molecule has 3 aromatic carbocycles. The highest BCUT2D eigenvalue weighted by atomic mass is 32.2. The number of benzene rings is 3. The van der Waals surface area contributed by atoms with Gasteiger partial charge in [0.15, 0.2) is 14.6 Å². The number of carbonyl (C=O) groups excluding carboxylic acids is 1. The summed E-state index contributed by atoms with van der Waals surface area (Å²) in [4.78, 5) is 12.4. The molecule has 0 saturated carbocycles. The van der Waals surface area contributed by atoms with Crippen LogP contribution in [0, 0.1) is 0 Å². The van der Waals surface area contributed by atoms with E-state index in [-0.39, 0.29) is 31.0 Å². The first kappa shape index (κ1) is 22.0. The fraction of sp³-hybridized carbons (Fsp3) is 0.208. The van der Waals surface area contributed by atoms with Gasteiger partial charge < -0.3 is 9.47 Å². The smallest absolute Gasteiger partial charge is 0.265 e. The predicted octanol–water partition coefficient (Wildman–Crippen LogP) is 3.97. The van der Waals surface area contributed by atoms with E-state index in [1.54, 1.807) is 12.1 Å². The van der Waals surface area contributed by atoms with Crippen molar-refractivity contribution in [2.24, 2.45) is 0 Å². The third kappa shape index (κ3) is 4.12. The fourth-order valence-corrected chi connectivity index (χ4v) is 5.75. The number of carbonyl (C=O) groups is 1. The Kier molecular flexibility index (Phi) is 6.27. The number of amides is 1. The Bertz CT molecular complexity index is 1170. The van der Waals surface area contributed by atoms with Gasteiger partial charge >= 0.3 is 0 Å². The van der Waals surface area contributed by atoms with Gasteiger partial charge in [0, 0.05) is 13.2 Å². The largest absolute Gasteiger partial charge is 0.457 e. The van der Waals surface area contributed by atoms with Gasteiger partial charge in [-0.05, 0) is 60.4 Å². The van der Waals surface area contributed by atoms with Crippen LogP contribution in [0.3, 0.4) is 0 Å². The van der Waals surface area contributed by atoms with Crippen molar-refractivity contribution in [2.45, 2.75) is 22.5 Å². The predicted molar refractivity (Wildman–Crippen MR) is 118 cm³/mol. The van der Waals surface area contributed by atoms with Crippen molar-refractivity contribution in [3.63, 3.8) is 0 Å². The average molecular weight is 454 g/mol. The SMILES string of the molecule is O=C(NO)C1(S(=O)(=O)c2ccc(-c3ccc(Oc4ccccc4)cc3)cc2)CCOCC1. The lowest BCUT2D eigenvalue weighted by molar-refractivity contribution is -0.134. The normalized spacial score (nSPS) is 15.7. The molecule has 7 nitrogen and oxygen atoms in total. The molecule has 1 heterocycles. The van der Waals surface area contributed by atoms with E-state index in [1.165, 1.54) is 17.6 Å². The van der Waals surface area contributed by atoms with Crippen LogP contribution in [0.2, 0.25) is 0 Å². The van der Waals surface area contributed by atoms with E-state index in [0.717, 1.165) is 16.9 Å². The zero-order chi connectivity index (χ0) is 22.6. The second kappa shape index (κ2) is 9.12. The molecule has 0 spiro atoms. The highest BCUT2D eigenvalue weighted by Gasteiger charge is 2.52. The highest BCUT2D eigenvalue weighted by Crippen LogP contribution is 2.36. The molecule has 0 unspecified atom stereocenters. The first-order chi connectivity index (χ1) is 15.5. The maximum absolute atomic E-state index is 13.3. The monoisotopic (exact) mass is 453 g/mol. The van der Waals surface area contributed by atoms with Gasteiger partial charge in [-0.2, -0.15) is 0 Å². The number of hydrogen-bond acceptors (Lipinski definition) is 6. The molecule has 1 amide bonds. The van der Waals surface area contributed by atoms with Crippen molar-refractivity contribution in [1.29, 1.82) is 0 Å². The lowest BCUT2D eigenvalue weighted by Gasteiger charge is -2.34. The third-order valence-corrected chi connectivity index (χ3v) is 8.18. The van der Waals surface area contributed by atoms with Gasteiger partial charge in [0.25, 0.3) is 5.91 Å². The summed E-state index contributed by atoms with van der Waals surface area (Å²) in [5, 5.41) is 9.16. The number of hydrogen-bond donors (Lipinski definition) is 2. The summed E-state index contributed by atoms with van der Waals surface area (Å²) in [6, 6.07) is 23.3. The molecule has 0 aliphatic carbocycles. The van der Waals surface area contributed by atoms with Crippen LogP contribution < -0.4 is 10.2 Å². The van der Waals surface area contributed by atoms with Gasteiger partial charge in [-0.15, -0.1) is 0 Å². The zero-order valence-electron chi connectivity index (χ0n) is 17.2. The molecule has 0 bridgehead atoms. The minimum atomic E-state index is -4.05. The number of rotatable bonds is 6. The van der Waals surface area contributed by atoms with Crippen LogP contribution in [-0.2, 0) is 19.4 Å². The van der Waals surface area contributed by atoms with Crippen molar-refractivity contribution < 1.29 is 27.9 Å². The standard InChI is InChI=1S/C24H23NO6S/c26-23(25-27)24(14-16-30-17-15-24)32(28,29)22-12-8-19(9-13-22)18-6-10-21(11-7-18)31-20-4-2-1-3-5-20/h1-13,27H,14-17H2,(H,25,26). The molecule has 166 valence electrons. The van der Waals surface area contributed by atoms with Gasteiger partial charge in [0.2, 0.25) is 0 Å². The second-order valence-electron chi connectivity index (χ2n) is 7.51. The van der Waals surface area contributed by atoms with Gasteiger partial charge in [-0.1, -0.05) is 42.5 Å². The quantitative estimate of drug-likeness (QED) is 0.433. The minimum absolute atomic E-state index is 0.0215. The molecule has 1 saturated heterocycles. The molecule has 32 heavy (non-hydrogen) atoms. The van der Waals surface area contributed by atoms with Crippen molar-refractivity contribution in [3.8, 4) is 22.6 Å². The molecule has 1 fully saturated rings. The topological polar surface area (TPSA) is 102 Å². The van der Waals surface area contributed by atoms with Crippen LogP contribution in [0.4, 0.5) is 0 Å². The van der Waals surface area contributed by atoms with E-state index < -0.39 is 20.5 Å². The first-order valence-electron chi connectivity index (χ1n) is 10.2. The summed E-state index contributed by atoms with van der Waals surface area (Å²) < 4.78 is 35.9. The summed E-state index contributed by atoms with van der Waals surface area (Å²) in [6.07, 6.45) is -0.0429. The Hall–Kier alpha value is -3.20. The summed E-state index contributed by atoms with van der Waals surface area (Å²) >= 11 is 0. The van der Waals surface area contributed by atoms with E-state index in [0.29, 0.717) is 5.75 Å². The van der Waals surface area contributed by atoms with Gasteiger partial charge in [-0.25, -0.2) is 13.9 Å². The molecule has 0 radical (unpaired) electrons. The maximum Gasteiger partial charge on any atom is 0.265 e. The third-order valence-electron chi connectivity index (χ3n) is 5.66. The molecule has 8 heteroatoms. The molecule has 0 aromatic heterocycles. The molecule has 4 rings (SSSR count). The summed E-state index contributed by atoms with van der Waals surface area (Å²) in [5.74, 6) is 0.498. The number of ether oxygens (including phenoxy) is 2. The molecule has 0 atom stereocenters. The van der Waals surface area contributed by atoms with Crippen molar-refractivity contribution >= 4 is 15.7 Å². The Morgan fingerprint density at radius 3 is 1.94 bits per heavy atom. The fourth-order valence-electron chi connectivity index (χ4n) is 3.81. The minimum Gasteiger partial charge on any atom is -0.457 e. The van der Waals surface area contributed by atoms with Crippen LogP contribution in [0.15, 0.2) is 83.8 Å². The molecular formula is C24H23NO6S. The van der Waals surface area contributed by atoms with Crippen LogP contribution in [0.25, 0.3) is 11.1 Å². The number of sulfone groups is 1. The van der Waals surface area contributed by atoms with E-state index in [1.807, 2.05) is 54.6 Å². The van der Waals surface area contributed by atoms with Crippen molar-refractivity contribution in [2.75, 3.05) is 13.2 Å².